The molecule has 1 aromatic carbocycles. The number of aryl methyl sites for hydroxylation is 1. The van der Waals surface area contributed by atoms with Crippen molar-refractivity contribution >= 4 is 5.91 Å². The van der Waals surface area contributed by atoms with E-state index in [0.717, 1.165) is 11.3 Å². The summed E-state index contributed by atoms with van der Waals surface area (Å²) in [5.74, 6) is 0.560. The van der Waals surface area contributed by atoms with Crippen molar-refractivity contribution in [2.75, 3.05) is 7.11 Å². The summed E-state index contributed by atoms with van der Waals surface area (Å²) in [5.41, 5.74) is 0.820. The molecule has 134 valence electrons. The molecule has 1 amide bonds. The molecule has 7 heteroatoms. The van der Waals surface area contributed by atoms with Gasteiger partial charge in [0.2, 0.25) is 5.91 Å². The predicted octanol–water partition coefficient (Wildman–Crippen LogP) is 1.58. The van der Waals surface area contributed by atoms with Crippen molar-refractivity contribution in [1.82, 2.24) is 15.3 Å². The number of carbonyl (C=O) groups excluding carboxylic acids is 1. The molecule has 0 aliphatic rings. The Hall–Kier alpha value is -2.83. The Kier molecular flexibility index (Phi) is 6.16. The van der Waals surface area contributed by atoms with Crippen LogP contribution in [-0.2, 0) is 11.2 Å². The van der Waals surface area contributed by atoms with Crippen molar-refractivity contribution in [3.8, 4) is 5.75 Å². The van der Waals surface area contributed by atoms with Crippen LogP contribution < -0.4 is 21.3 Å². The highest BCUT2D eigenvalue weighted by atomic mass is 16.5. The zero-order chi connectivity index (χ0) is 18.4. The number of nitrogens with one attached hydrogen (secondary N) is 3. The van der Waals surface area contributed by atoms with Crippen LogP contribution >= 0.6 is 0 Å². The number of carbonyl (C=O) groups is 1. The molecule has 0 aliphatic carbocycles. The van der Waals surface area contributed by atoms with Crippen LogP contribution in [0.4, 0.5) is 0 Å². The van der Waals surface area contributed by atoms with Crippen molar-refractivity contribution in [1.29, 1.82) is 0 Å². The molecule has 0 saturated heterocycles. The van der Waals surface area contributed by atoms with E-state index in [1.807, 2.05) is 31.2 Å². The number of aromatic nitrogens is 2. The summed E-state index contributed by atoms with van der Waals surface area (Å²) in [5, 5.41) is 2.98. The van der Waals surface area contributed by atoms with Gasteiger partial charge in [-0.25, -0.2) is 4.79 Å². The first-order chi connectivity index (χ1) is 12.0. The molecule has 1 heterocycles. The lowest BCUT2D eigenvalue weighted by molar-refractivity contribution is -0.121. The maximum Gasteiger partial charge on any atom is 0.325 e. The summed E-state index contributed by atoms with van der Waals surface area (Å²) in [7, 11) is 1.60. The molecular formula is C18H23N3O4. The number of hydrogen-bond acceptors (Lipinski definition) is 4. The Morgan fingerprint density at radius 1 is 1.24 bits per heavy atom. The Labute approximate surface area is 145 Å². The number of H-pyrrole nitrogens is 2. The molecule has 0 spiro atoms. The molecule has 2 rings (SSSR count). The van der Waals surface area contributed by atoms with E-state index in [9.17, 15) is 14.4 Å². The van der Waals surface area contributed by atoms with Gasteiger partial charge in [0, 0.05) is 23.2 Å². The minimum atomic E-state index is -0.544. The van der Waals surface area contributed by atoms with Gasteiger partial charge in [-0.3, -0.25) is 14.6 Å². The number of ether oxygens (including phenoxy) is 1. The third-order valence-electron chi connectivity index (χ3n) is 4.11. The lowest BCUT2D eigenvalue weighted by Gasteiger charge is -2.20. The molecule has 1 atom stereocenters. The second-order valence-corrected chi connectivity index (χ2v) is 5.78. The average Bonchev–Trinajstić information content (AvgIpc) is 2.58. The maximum absolute atomic E-state index is 12.3. The quantitative estimate of drug-likeness (QED) is 0.708. The van der Waals surface area contributed by atoms with Gasteiger partial charge in [0.25, 0.3) is 5.56 Å². The van der Waals surface area contributed by atoms with E-state index in [1.165, 1.54) is 0 Å². The summed E-state index contributed by atoms with van der Waals surface area (Å²) >= 11 is 0. The number of amides is 1. The molecule has 7 nitrogen and oxygen atoms in total. The average molecular weight is 345 g/mol. The van der Waals surface area contributed by atoms with Crippen LogP contribution in [0.5, 0.6) is 5.75 Å². The van der Waals surface area contributed by atoms with E-state index in [-0.39, 0.29) is 24.8 Å². The molecule has 0 saturated carbocycles. The van der Waals surface area contributed by atoms with Crippen LogP contribution in [0.2, 0.25) is 0 Å². The largest absolute Gasteiger partial charge is 0.496 e. The van der Waals surface area contributed by atoms with Crippen LogP contribution in [0, 0.1) is 6.92 Å². The summed E-state index contributed by atoms with van der Waals surface area (Å²) in [6, 6.07) is 7.38. The van der Waals surface area contributed by atoms with E-state index >= 15 is 0 Å². The van der Waals surface area contributed by atoms with Gasteiger partial charge in [0.1, 0.15) is 5.75 Å². The SMILES string of the molecule is CC[C@H](NC(=O)CCc1c(C)[nH]c(=O)[nH]c1=O)c1ccccc1OC. The minimum absolute atomic E-state index is 0.154. The van der Waals surface area contributed by atoms with E-state index in [2.05, 4.69) is 15.3 Å². The van der Waals surface area contributed by atoms with Crippen molar-refractivity contribution in [3.63, 3.8) is 0 Å². The lowest BCUT2D eigenvalue weighted by Crippen LogP contribution is -2.31. The molecule has 0 radical (unpaired) electrons. The molecule has 3 N–H and O–H groups in total. The second kappa shape index (κ2) is 8.32. The number of methoxy groups -OCH3 is 1. The molecule has 0 aliphatic heterocycles. The van der Waals surface area contributed by atoms with Gasteiger partial charge in [0.05, 0.1) is 13.2 Å². The molecule has 0 unspecified atom stereocenters. The highest BCUT2D eigenvalue weighted by Gasteiger charge is 2.17. The molecule has 1 aromatic heterocycles. The topological polar surface area (TPSA) is 104 Å². The summed E-state index contributed by atoms with van der Waals surface area (Å²) in [6.45, 7) is 3.63. The fraction of sp³-hybridized carbons (Fsp3) is 0.389. The van der Waals surface area contributed by atoms with Gasteiger partial charge in [-0.2, -0.15) is 0 Å². The molecule has 0 fully saturated rings. The lowest BCUT2D eigenvalue weighted by atomic mass is 10.0. The van der Waals surface area contributed by atoms with Crippen molar-refractivity contribution in [2.45, 2.75) is 39.2 Å². The highest BCUT2D eigenvalue weighted by Crippen LogP contribution is 2.26. The van der Waals surface area contributed by atoms with Crippen molar-refractivity contribution in [2.24, 2.45) is 0 Å². The Morgan fingerprint density at radius 3 is 2.60 bits per heavy atom. The predicted molar refractivity (Wildman–Crippen MR) is 94.9 cm³/mol. The Balaban J connectivity index is 2.06. The molecule has 25 heavy (non-hydrogen) atoms. The normalized spacial score (nSPS) is 11.8. The minimum Gasteiger partial charge on any atom is -0.496 e. The van der Waals surface area contributed by atoms with Gasteiger partial charge in [0.15, 0.2) is 0 Å². The number of rotatable bonds is 7. The first kappa shape index (κ1) is 18.5. The van der Waals surface area contributed by atoms with Crippen LogP contribution in [0.3, 0.4) is 0 Å². The summed E-state index contributed by atoms with van der Waals surface area (Å²) < 4.78 is 5.35. The van der Waals surface area contributed by atoms with Crippen molar-refractivity contribution in [3.05, 3.63) is 61.9 Å². The number of para-hydroxylation sites is 1. The molecule has 2 aromatic rings. The Bertz CT molecular complexity index is 854. The zero-order valence-corrected chi connectivity index (χ0v) is 14.6. The maximum atomic E-state index is 12.3. The highest BCUT2D eigenvalue weighted by molar-refractivity contribution is 5.76. The number of benzene rings is 1. The summed E-state index contributed by atoms with van der Waals surface area (Å²) in [6.07, 6.45) is 1.12. The van der Waals surface area contributed by atoms with E-state index in [4.69, 9.17) is 4.74 Å². The van der Waals surface area contributed by atoms with E-state index in [0.29, 0.717) is 17.7 Å². The van der Waals surface area contributed by atoms with Gasteiger partial charge < -0.3 is 15.0 Å². The second-order valence-electron chi connectivity index (χ2n) is 5.78. The summed E-state index contributed by atoms with van der Waals surface area (Å²) in [4.78, 5) is 40.1. The van der Waals surface area contributed by atoms with Crippen LogP contribution in [0.15, 0.2) is 33.9 Å². The van der Waals surface area contributed by atoms with Crippen LogP contribution in [0.25, 0.3) is 0 Å². The fourth-order valence-corrected chi connectivity index (χ4v) is 2.79. The first-order valence-electron chi connectivity index (χ1n) is 8.20. The number of hydrogen-bond donors (Lipinski definition) is 3. The van der Waals surface area contributed by atoms with Gasteiger partial charge in [-0.05, 0) is 25.8 Å². The van der Waals surface area contributed by atoms with Gasteiger partial charge in [-0.1, -0.05) is 25.1 Å². The van der Waals surface area contributed by atoms with Crippen molar-refractivity contribution < 1.29 is 9.53 Å². The van der Waals surface area contributed by atoms with E-state index < -0.39 is 11.2 Å². The Morgan fingerprint density at radius 2 is 1.96 bits per heavy atom. The smallest absolute Gasteiger partial charge is 0.325 e. The van der Waals surface area contributed by atoms with Crippen LogP contribution in [-0.4, -0.2) is 23.0 Å². The van der Waals surface area contributed by atoms with Gasteiger partial charge >= 0.3 is 5.69 Å². The molecule has 0 bridgehead atoms. The van der Waals surface area contributed by atoms with Gasteiger partial charge in [-0.15, -0.1) is 0 Å². The zero-order valence-electron chi connectivity index (χ0n) is 14.6. The standard InChI is InChI=1S/C18H23N3O4/c1-4-14(13-7-5-6-8-15(13)25-3)20-16(22)10-9-12-11(2)19-18(24)21-17(12)23/h5-8,14H,4,9-10H2,1-3H3,(H,20,22)(H2,19,21,23,24)/t14-/m0/s1. The van der Waals surface area contributed by atoms with Crippen LogP contribution in [0.1, 0.15) is 42.6 Å². The number of aromatic amines is 2. The molecular weight excluding hydrogens is 322 g/mol. The fourth-order valence-electron chi connectivity index (χ4n) is 2.79. The third kappa shape index (κ3) is 4.59. The monoisotopic (exact) mass is 345 g/mol. The first-order valence-corrected chi connectivity index (χ1v) is 8.20. The van der Waals surface area contributed by atoms with E-state index in [1.54, 1.807) is 14.0 Å². The third-order valence-corrected chi connectivity index (χ3v) is 4.11.